The molecule has 2 aromatic rings. The number of hydrogen-bond donors (Lipinski definition) is 2. The standard InChI is InChI=1S/C13H14N4.C2H6.CH3.H3N.V/c1-8-3-4-11-10(5-8)13(14)15-6-12-9(2)16-7-17(11)12;1-2;;;/h3-5,7H,6H2,1-2H3,(H2,14,15);1-2H3;2*1H3;/q;;-1;;. The molecule has 1 radical (unpaired) electrons. The number of fused-ring (bicyclic) bond motifs is 3. The number of nitrogens with two attached hydrogens (primary N) is 1. The Bertz CT molecular complexity index is 631. The van der Waals surface area contributed by atoms with Crippen molar-refractivity contribution in [1.82, 2.24) is 15.7 Å². The van der Waals surface area contributed by atoms with E-state index in [1.165, 1.54) is 5.56 Å². The molecule has 5 N–H and O–H groups in total. The maximum Gasteiger partial charge on any atom is 0.128 e. The Hall–Kier alpha value is -1.56. The van der Waals surface area contributed by atoms with Gasteiger partial charge in [-0.1, -0.05) is 25.5 Å². The summed E-state index contributed by atoms with van der Waals surface area (Å²) >= 11 is 0. The van der Waals surface area contributed by atoms with Crippen LogP contribution in [0.15, 0.2) is 29.5 Å². The van der Waals surface area contributed by atoms with E-state index in [4.69, 9.17) is 5.73 Å². The maximum atomic E-state index is 6.02. The van der Waals surface area contributed by atoms with E-state index in [-0.39, 0.29) is 32.1 Å². The van der Waals surface area contributed by atoms with Crippen molar-refractivity contribution >= 4 is 5.84 Å². The Kier molecular flexibility index (Phi) is 9.77. The van der Waals surface area contributed by atoms with E-state index in [2.05, 4.69) is 39.7 Å². The summed E-state index contributed by atoms with van der Waals surface area (Å²) in [5.74, 6) is 0.604. The molecule has 0 bridgehead atoms. The molecule has 0 atom stereocenters. The van der Waals surface area contributed by atoms with Crippen molar-refractivity contribution in [2.75, 3.05) is 0 Å². The molecule has 1 aromatic carbocycles. The van der Waals surface area contributed by atoms with Gasteiger partial charge in [0.05, 0.1) is 29.9 Å². The smallest absolute Gasteiger partial charge is 0.128 e. The summed E-state index contributed by atoms with van der Waals surface area (Å²) in [6.07, 6.45) is 1.84. The minimum atomic E-state index is 0. The summed E-state index contributed by atoms with van der Waals surface area (Å²) in [5, 5.41) is 0. The molecule has 0 unspecified atom stereocenters. The quantitative estimate of drug-likeness (QED) is 0.721. The molecule has 0 spiro atoms. The van der Waals surface area contributed by atoms with Gasteiger partial charge in [0.15, 0.2) is 0 Å². The van der Waals surface area contributed by atoms with Crippen LogP contribution < -0.4 is 11.9 Å². The molecule has 1 aromatic heterocycles. The first-order valence-corrected chi connectivity index (χ1v) is 6.61. The fourth-order valence-electron chi connectivity index (χ4n) is 2.17. The predicted molar refractivity (Wildman–Crippen MR) is 90.3 cm³/mol. The van der Waals surface area contributed by atoms with Gasteiger partial charge in [0.25, 0.3) is 0 Å². The molecule has 0 aliphatic carbocycles. The first-order valence-electron chi connectivity index (χ1n) is 6.61. The van der Waals surface area contributed by atoms with Crippen LogP contribution in [-0.4, -0.2) is 15.4 Å². The number of hydrogen-bond acceptors (Lipinski definition) is 4. The molecule has 2 heterocycles. The second-order valence-corrected chi connectivity index (χ2v) is 4.37. The largest absolute Gasteiger partial charge is 0.383 e. The molecule has 3 rings (SSSR count). The number of aliphatic imine (C=N–C) groups is 1. The second-order valence-electron chi connectivity index (χ2n) is 4.37. The Morgan fingerprint density at radius 2 is 1.82 bits per heavy atom. The zero-order chi connectivity index (χ0) is 14.0. The van der Waals surface area contributed by atoms with Crippen LogP contribution in [-0.2, 0) is 25.1 Å². The maximum absolute atomic E-state index is 6.02. The summed E-state index contributed by atoms with van der Waals surface area (Å²) in [4.78, 5) is 8.75. The van der Waals surface area contributed by atoms with E-state index in [1.54, 1.807) is 0 Å². The molecule has 1 aliphatic rings. The van der Waals surface area contributed by atoms with Gasteiger partial charge in [0.2, 0.25) is 0 Å². The van der Waals surface area contributed by atoms with Crippen LogP contribution in [0.1, 0.15) is 36.4 Å². The Balaban J connectivity index is 0. The molecular weight excluding hydrogens is 313 g/mol. The van der Waals surface area contributed by atoms with Crippen molar-refractivity contribution in [1.29, 1.82) is 0 Å². The molecule has 1 aliphatic heterocycles. The Morgan fingerprint density at radius 1 is 1.18 bits per heavy atom. The van der Waals surface area contributed by atoms with Gasteiger partial charge in [-0.2, -0.15) is 0 Å². The van der Waals surface area contributed by atoms with Crippen molar-refractivity contribution in [3.8, 4) is 5.69 Å². The topological polar surface area (TPSA) is 91.2 Å². The summed E-state index contributed by atoms with van der Waals surface area (Å²) in [7, 11) is 0. The normalized spacial score (nSPS) is 10.8. The van der Waals surface area contributed by atoms with E-state index in [9.17, 15) is 0 Å². The van der Waals surface area contributed by atoms with Crippen molar-refractivity contribution in [2.24, 2.45) is 10.7 Å². The van der Waals surface area contributed by atoms with Gasteiger partial charge < -0.3 is 23.9 Å². The van der Waals surface area contributed by atoms with Crippen LogP contribution in [0.5, 0.6) is 0 Å². The van der Waals surface area contributed by atoms with Gasteiger partial charge >= 0.3 is 0 Å². The molecule has 5 nitrogen and oxygen atoms in total. The molecule has 0 saturated carbocycles. The van der Waals surface area contributed by atoms with Gasteiger partial charge in [0, 0.05) is 24.1 Å². The van der Waals surface area contributed by atoms with Crippen molar-refractivity contribution in [3.05, 3.63) is 54.5 Å². The van der Waals surface area contributed by atoms with Crippen LogP contribution in [0.2, 0.25) is 0 Å². The zero-order valence-corrected chi connectivity index (χ0v) is 15.5. The Labute approximate surface area is 145 Å². The van der Waals surface area contributed by atoms with Crippen molar-refractivity contribution in [3.63, 3.8) is 0 Å². The summed E-state index contributed by atoms with van der Waals surface area (Å²) in [5.41, 5.74) is 11.4. The third kappa shape index (κ3) is 4.00. The number of rotatable bonds is 0. The van der Waals surface area contributed by atoms with Gasteiger partial charge in [-0.15, -0.1) is 0 Å². The van der Waals surface area contributed by atoms with E-state index >= 15 is 0 Å². The predicted octanol–water partition coefficient (Wildman–Crippen LogP) is 3.34. The Morgan fingerprint density at radius 3 is 2.45 bits per heavy atom. The molecular formula is C16H26N5V-. The molecule has 121 valence electrons. The number of aryl methyl sites for hydroxylation is 2. The zero-order valence-electron chi connectivity index (χ0n) is 14.1. The third-order valence-electron chi connectivity index (χ3n) is 3.16. The first-order chi connectivity index (χ1) is 9.16. The van der Waals surface area contributed by atoms with Gasteiger partial charge in [-0.3, -0.25) is 4.99 Å². The van der Waals surface area contributed by atoms with E-state index in [0.29, 0.717) is 12.4 Å². The monoisotopic (exact) mass is 339 g/mol. The van der Waals surface area contributed by atoms with Crippen LogP contribution in [0.25, 0.3) is 5.69 Å². The average molecular weight is 339 g/mol. The van der Waals surface area contributed by atoms with Crippen LogP contribution in [0.3, 0.4) is 0 Å². The molecule has 6 heteroatoms. The van der Waals surface area contributed by atoms with Crippen molar-refractivity contribution in [2.45, 2.75) is 34.2 Å². The summed E-state index contributed by atoms with van der Waals surface area (Å²) in [6, 6.07) is 6.22. The number of benzene rings is 1. The van der Waals surface area contributed by atoms with Gasteiger partial charge in [-0.25, -0.2) is 4.98 Å². The fraction of sp³-hybridized carbons (Fsp3) is 0.312. The average Bonchev–Trinajstić information content (AvgIpc) is 2.72. The summed E-state index contributed by atoms with van der Waals surface area (Å²) < 4.78 is 2.08. The van der Waals surface area contributed by atoms with E-state index in [1.807, 2.05) is 27.1 Å². The third-order valence-corrected chi connectivity index (χ3v) is 3.16. The number of nitrogens with zero attached hydrogens (tertiary/aromatic N) is 3. The minimum absolute atomic E-state index is 0. The molecule has 0 amide bonds. The first kappa shape index (κ1) is 22.7. The van der Waals surface area contributed by atoms with Gasteiger partial charge in [-0.05, 0) is 26.0 Å². The molecule has 0 fully saturated rings. The SMILES string of the molecule is CC.Cc1ccc2c(c1)C(N)=NCc1c(C)ncn1-2.N.[CH3-].[V]. The fourth-order valence-corrected chi connectivity index (χ4v) is 2.17. The van der Waals surface area contributed by atoms with Crippen LogP contribution in [0.4, 0.5) is 0 Å². The molecule has 0 saturated heterocycles. The number of aromatic nitrogens is 2. The second kappa shape index (κ2) is 9.46. The van der Waals surface area contributed by atoms with Crippen LogP contribution in [0, 0.1) is 21.3 Å². The van der Waals surface area contributed by atoms with E-state index < -0.39 is 0 Å². The molecule has 22 heavy (non-hydrogen) atoms. The summed E-state index contributed by atoms with van der Waals surface area (Å²) in [6.45, 7) is 8.64. The van der Waals surface area contributed by atoms with Gasteiger partial charge in [0.1, 0.15) is 5.84 Å². The number of amidine groups is 1. The van der Waals surface area contributed by atoms with Crippen LogP contribution >= 0.6 is 0 Å². The van der Waals surface area contributed by atoms with E-state index in [0.717, 1.165) is 22.6 Å². The van der Waals surface area contributed by atoms with Crippen molar-refractivity contribution < 1.29 is 18.6 Å². The number of imidazole rings is 1. The minimum Gasteiger partial charge on any atom is -0.383 e.